The Hall–Kier alpha value is -2.52. The van der Waals surface area contributed by atoms with Gasteiger partial charge in [-0.2, -0.15) is 4.99 Å². The highest BCUT2D eigenvalue weighted by Crippen LogP contribution is 2.26. The highest BCUT2D eigenvalue weighted by Gasteiger charge is 2.22. The van der Waals surface area contributed by atoms with Crippen molar-refractivity contribution in [2.75, 3.05) is 20.3 Å². The summed E-state index contributed by atoms with van der Waals surface area (Å²) in [6.07, 6.45) is 4.27. The molecular weight excluding hydrogens is 376 g/mol. The molecule has 0 radical (unpaired) electrons. The van der Waals surface area contributed by atoms with E-state index in [1.165, 1.54) is 11.3 Å². The maximum atomic E-state index is 12.2. The molecule has 0 spiro atoms. The number of methoxy groups -OCH3 is 1. The molecule has 2 heterocycles. The number of hydrogen-bond donors (Lipinski definition) is 3. The van der Waals surface area contributed by atoms with E-state index in [0.717, 1.165) is 42.8 Å². The number of carbonyl (C=O) groups is 1. The zero-order valence-corrected chi connectivity index (χ0v) is 16.8. The van der Waals surface area contributed by atoms with Crippen molar-refractivity contribution in [3.8, 4) is 11.4 Å². The molecule has 2 aromatic rings. The first-order valence-electron chi connectivity index (χ1n) is 9.42. The molecule has 4 N–H and O–H groups in total. The lowest BCUT2D eigenvalue weighted by molar-refractivity contribution is -0.124. The number of amides is 1. The second kappa shape index (κ2) is 10.1. The topological polar surface area (TPSA) is 115 Å². The van der Waals surface area contributed by atoms with Crippen LogP contribution in [-0.4, -0.2) is 42.1 Å². The van der Waals surface area contributed by atoms with E-state index in [-0.39, 0.29) is 11.8 Å². The van der Waals surface area contributed by atoms with Crippen molar-refractivity contribution in [3.63, 3.8) is 0 Å². The molecule has 1 fully saturated rings. The minimum Gasteiger partial charge on any atom is -0.383 e. The Morgan fingerprint density at radius 2 is 2.11 bits per heavy atom. The number of guanidine groups is 1. The summed E-state index contributed by atoms with van der Waals surface area (Å²) in [6.45, 7) is 1.56. The maximum Gasteiger partial charge on any atom is 0.223 e. The van der Waals surface area contributed by atoms with Crippen molar-refractivity contribution in [1.29, 1.82) is 0 Å². The summed E-state index contributed by atoms with van der Waals surface area (Å²) in [5, 5.41) is 8.40. The lowest BCUT2D eigenvalue weighted by Gasteiger charge is -2.10. The average molecular weight is 403 g/mol. The van der Waals surface area contributed by atoms with E-state index >= 15 is 0 Å². The fourth-order valence-electron chi connectivity index (χ4n) is 3.09. The van der Waals surface area contributed by atoms with Gasteiger partial charge in [0.15, 0.2) is 5.96 Å². The van der Waals surface area contributed by atoms with Crippen LogP contribution in [0.5, 0.6) is 0 Å². The van der Waals surface area contributed by atoms with Gasteiger partial charge in [0.05, 0.1) is 24.5 Å². The summed E-state index contributed by atoms with van der Waals surface area (Å²) < 4.78 is 4.96. The second-order valence-corrected chi connectivity index (χ2v) is 7.48. The Bertz CT molecular complexity index is 816. The number of hydrogen-bond acceptors (Lipinski definition) is 6. The van der Waals surface area contributed by atoms with Crippen LogP contribution in [0.1, 0.15) is 31.4 Å². The molecule has 0 aliphatic heterocycles. The van der Waals surface area contributed by atoms with Crippen LogP contribution in [0.4, 0.5) is 5.13 Å². The first-order chi connectivity index (χ1) is 13.7. The summed E-state index contributed by atoms with van der Waals surface area (Å²) in [6, 6.07) is 5.72. The molecule has 0 bridgehead atoms. The molecule has 1 amide bonds. The first-order valence-corrected chi connectivity index (χ1v) is 10.3. The van der Waals surface area contributed by atoms with Gasteiger partial charge in [0.25, 0.3) is 0 Å². The van der Waals surface area contributed by atoms with E-state index in [1.54, 1.807) is 7.11 Å². The van der Waals surface area contributed by atoms with E-state index in [1.807, 2.05) is 23.6 Å². The standard InChI is InChI=1S/C19H26N6O2S/c1-27-10-9-21-18(20)25-19-24-16(12-28-19)15-8-4-7-14(23-15)11-22-17(26)13-5-2-3-6-13/h4,7-8,12-13H,2-3,5-6,9-11H2,1H3,(H,22,26)(H3,20,21,24,25). The van der Waals surface area contributed by atoms with Crippen LogP contribution >= 0.6 is 11.3 Å². The number of ether oxygens (including phenoxy) is 1. The van der Waals surface area contributed by atoms with Gasteiger partial charge in [-0.1, -0.05) is 18.9 Å². The monoisotopic (exact) mass is 402 g/mol. The number of nitrogens with two attached hydrogens (primary N) is 1. The smallest absolute Gasteiger partial charge is 0.223 e. The average Bonchev–Trinajstić information content (AvgIpc) is 3.39. The molecule has 150 valence electrons. The number of aliphatic imine (C=N–C) groups is 1. The number of nitrogens with zero attached hydrogens (tertiary/aromatic N) is 3. The second-order valence-electron chi connectivity index (χ2n) is 6.65. The summed E-state index contributed by atoms with van der Waals surface area (Å²) >= 11 is 1.39. The maximum absolute atomic E-state index is 12.2. The van der Waals surface area contributed by atoms with Gasteiger partial charge in [-0.05, 0) is 25.0 Å². The summed E-state index contributed by atoms with van der Waals surface area (Å²) in [4.78, 5) is 25.5. The Labute approximate surface area is 168 Å². The molecule has 28 heavy (non-hydrogen) atoms. The van der Waals surface area contributed by atoms with Gasteiger partial charge >= 0.3 is 0 Å². The third kappa shape index (κ3) is 5.74. The normalized spacial score (nSPS) is 15.0. The predicted octanol–water partition coefficient (Wildman–Crippen LogP) is 2.19. The van der Waals surface area contributed by atoms with Gasteiger partial charge in [-0.3, -0.25) is 4.79 Å². The summed E-state index contributed by atoms with van der Waals surface area (Å²) in [5.74, 6) is 0.589. The van der Waals surface area contributed by atoms with Crippen molar-refractivity contribution in [2.45, 2.75) is 32.2 Å². The van der Waals surface area contributed by atoms with Gasteiger partial charge in [0, 0.05) is 25.0 Å². The number of rotatable bonds is 8. The number of nitrogens with one attached hydrogen (secondary N) is 2. The lowest BCUT2D eigenvalue weighted by atomic mass is 10.1. The highest BCUT2D eigenvalue weighted by atomic mass is 32.1. The SMILES string of the molecule is COCCN/C(N)=N/c1nc(-c2cccc(CNC(=O)C3CCCC3)n2)cs1. The number of thiazole rings is 1. The van der Waals surface area contributed by atoms with Gasteiger partial charge in [0.1, 0.15) is 5.69 Å². The van der Waals surface area contributed by atoms with E-state index in [9.17, 15) is 4.79 Å². The van der Waals surface area contributed by atoms with Crippen LogP contribution in [-0.2, 0) is 16.1 Å². The summed E-state index contributed by atoms with van der Waals surface area (Å²) in [5.41, 5.74) is 8.12. The van der Waals surface area contributed by atoms with E-state index < -0.39 is 0 Å². The van der Waals surface area contributed by atoms with Crippen molar-refractivity contribution in [3.05, 3.63) is 29.3 Å². The van der Waals surface area contributed by atoms with Crippen molar-refractivity contribution >= 4 is 28.3 Å². The van der Waals surface area contributed by atoms with E-state index in [0.29, 0.717) is 30.8 Å². The molecule has 1 aliphatic carbocycles. The fourth-order valence-corrected chi connectivity index (χ4v) is 3.78. The van der Waals surface area contributed by atoms with Crippen molar-refractivity contribution < 1.29 is 9.53 Å². The Kier molecular flexibility index (Phi) is 7.32. The van der Waals surface area contributed by atoms with Crippen LogP contribution in [0.25, 0.3) is 11.4 Å². The van der Waals surface area contributed by atoms with Crippen LogP contribution in [0.2, 0.25) is 0 Å². The molecule has 1 saturated carbocycles. The zero-order valence-electron chi connectivity index (χ0n) is 16.0. The van der Waals surface area contributed by atoms with Crippen LogP contribution in [0.3, 0.4) is 0 Å². The first kappa shape index (κ1) is 20.2. The molecule has 8 nitrogen and oxygen atoms in total. The van der Waals surface area contributed by atoms with Gasteiger partial charge in [0.2, 0.25) is 11.0 Å². The van der Waals surface area contributed by atoms with Gasteiger partial charge in [-0.25, -0.2) is 9.97 Å². The fraction of sp³-hybridized carbons (Fsp3) is 0.474. The molecule has 9 heteroatoms. The molecule has 0 saturated heterocycles. The Morgan fingerprint density at radius 1 is 1.29 bits per heavy atom. The van der Waals surface area contributed by atoms with Gasteiger partial charge in [-0.15, -0.1) is 11.3 Å². The van der Waals surface area contributed by atoms with Gasteiger partial charge < -0.3 is 21.1 Å². The minimum absolute atomic E-state index is 0.131. The lowest BCUT2D eigenvalue weighted by Crippen LogP contribution is -2.33. The predicted molar refractivity (Wildman–Crippen MR) is 110 cm³/mol. The number of carbonyl (C=O) groups excluding carboxylic acids is 1. The third-order valence-electron chi connectivity index (χ3n) is 4.56. The third-order valence-corrected chi connectivity index (χ3v) is 5.29. The minimum atomic E-state index is 0.131. The molecule has 0 aromatic carbocycles. The Morgan fingerprint density at radius 3 is 2.89 bits per heavy atom. The molecule has 1 aliphatic rings. The molecule has 3 rings (SSSR count). The van der Waals surface area contributed by atoms with Crippen molar-refractivity contribution in [2.24, 2.45) is 16.6 Å². The van der Waals surface area contributed by atoms with Crippen LogP contribution in [0.15, 0.2) is 28.6 Å². The largest absolute Gasteiger partial charge is 0.383 e. The quantitative estimate of drug-likeness (QED) is 0.354. The van der Waals surface area contributed by atoms with Crippen LogP contribution < -0.4 is 16.4 Å². The van der Waals surface area contributed by atoms with E-state index in [2.05, 4.69) is 25.6 Å². The molecule has 2 aromatic heterocycles. The summed E-state index contributed by atoms with van der Waals surface area (Å²) in [7, 11) is 1.63. The zero-order chi connectivity index (χ0) is 19.8. The highest BCUT2D eigenvalue weighted by molar-refractivity contribution is 7.13. The Balaban J connectivity index is 1.60. The molecule has 0 unspecified atom stereocenters. The molecule has 0 atom stereocenters. The number of pyridine rings is 1. The number of aromatic nitrogens is 2. The van der Waals surface area contributed by atoms with Crippen molar-refractivity contribution in [1.82, 2.24) is 20.6 Å². The van der Waals surface area contributed by atoms with E-state index in [4.69, 9.17) is 10.5 Å². The molecular formula is C19H26N6O2S. The van der Waals surface area contributed by atoms with Crippen LogP contribution in [0, 0.1) is 5.92 Å².